The number of hydrogen-bond donors (Lipinski definition) is 1. The number of nitrogens with zero attached hydrogens (tertiary/aromatic N) is 1. The number of methoxy groups -OCH3 is 1. The number of aromatic hydroxyl groups is 1. The number of esters is 1. The largest absolute Gasteiger partial charge is 0.507 e. The van der Waals surface area contributed by atoms with Gasteiger partial charge in [0.05, 0.1) is 19.2 Å². The fourth-order valence-corrected chi connectivity index (χ4v) is 2.81. The van der Waals surface area contributed by atoms with Gasteiger partial charge in [-0.05, 0) is 37.1 Å². The Morgan fingerprint density at radius 2 is 2.00 bits per heavy atom. The second-order valence-corrected chi connectivity index (χ2v) is 5.54. The number of ether oxygens (including phenoxy) is 1. The van der Waals surface area contributed by atoms with E-state index in [1.165, 1.54) is 7.11 Å². The van der Waals surface area contributed by atoms with Crippen LogP contribution in [0.4, 0.5) is 0 Å². The summed E-state index contributed by atoms with van der Waals surface area (Å²) in [5.74, 6) is 0.104. The zero-order valence-corrected chi connectivity index (χ0v) is 12.6. The molecule has 0 aliphatic heterocycles. The third-order valence-electron chi connectivity index (χ3n) is 3.10. The Hall–Kier alpha value is -1.88. The normalized spacial score (nSPS) is 10.6. The third kappa shape index (κ3) is 3.17. The maximum Gasteiger partial charge on any atom is 0.305 e. The number of hydrogen-bond acceptors (Lipinski definition) is 5. The van der Waals surface area contributed by atoms with E-state index in [2.05, 4.69) is 9.72 Å². The lowest BCUT2D eigenvalue weighted by Gasteiger charge is -2.05. The van der Waals surface area contributed by atoms with Crippen LogP contribution in [0.25, 0.3) is 10.6 Å². The molecule has 0 aliphatic rings. The van der Waals surface area contributed by atoms with E-state index in [1.807, 2.05) is 31.4 Å². The zero-order valence-electron chi connectivity index (χ0n) is 11.8. The number of carbonyl (C=O) groups excluding carboxylic acids is 1. The van der Waals surface area contributed by atoms with E-state index in [4.69, 9.17) is 0 Å². The molecular weight excluding hydrogens is 274 g/mol. The smallest absolute Gasteiger partial charge is 0.305 e. The van der Waals surface area contributed by atoms with Crippen LogP contribution in [0.2, 0.25) is 0 Å². The van der Waals surface area contributed by atoms with Crippen molar-refractivity contribution in [2.45, 2.75) is 26.7 Å². The van der Waals surface area contributed by atoms with Crippen LogP contribution in [0.5, 0.6) is 5.75 Å². The lowest BCUT2D eigenvalue weighted by atomic mass is 10.1. The summed E-state index contributed by atoms with van der Waals surface area (Å²) in [6, 6.07) is 3.84. The average molecular weight is 291 g/mol. The lowest BCUT2D eigenvalue weighted by Crippen LogP contribution is -2.01. The molecule has 0 unspecified atom stereocenters. The van der Waals surface area contributed by atoms with Crippen molar-refractivity contribution in [1.82, 2.24) is 4.98 Å². The Bertz CT molecular complexity index is 611. The predicted octanol–water partition coefficient (Wildman–Crippen LogP) is 3.24. The highest BCUT2D eigenvalue weighted by Gasteiger charge is 2.10. The van der Waals surface area contributed by atoms with Gasteiger partial charge in [-0.2, -0.15) is 0 Å². The monoisotopic (exact) mass is 291 g/mol. The second kappa shape index (κ2) is 6.05. The molecule has 1 heterocycles. The summed E-state index contributed by atoms with van der Waals surface area (Å²) >= 11 is 1.54. The van der Waals surface area contributed by atoms with Crippen LogP contribution in [-0.2, 0) is 16.0 Å². The Morgan fingerprint density at radius 3 is 2.60 bits per heavy atom. The molecule has 4 nitrogen and oxygen atoms in total. The van der Waals surface area contributed by atoms with Crippen molar-refractivity contribution in [3.63, 3.8) is 0 Å². The first-order valence-electron chi connectivity index (χ1n) is 6.33. The second-order valence-electron chi connectivity index (χ2n) is 4.68. The van der Waals surface area contributed by atoms with E-state index < -0.39 is 0 Å². The predicted molar refractivity (Wildman–Crippen MR) is 79.0 cm³/mol. The molecule has 2 aromatic rings. The molecule has 2 rings (SSSR count). The molecule has 20 heavy (non-hydrogen) atoms. The lowest BCUT2D eigenvalue weighted by molar-refractivity contribution is -0.140. The van der Waals surface area contributed by atoms with Crippen LogP contribution in [-0.4, -0.2) is 23.2 Å². The minimum absolute atomic E-state index is 0.226. The molecule has 0 spiro atoms. The molecular formula is C15H17NO3S. The van der Waals surface area contributed by atoms with Gasteiger partial charge in [0.1, 0.15) is 10.8 Å². The van der Waals surface area contributed by atoms with E-state index >= 15 is 0 Å². The molecule has 106 valence electrons. The van der Waals surface area contributed by atoms with Crippen LogP contribution >= 0.6 is 11.3 Å². The van der Waals surface area contributed by atoms with E-state index in [0.717, 1.165) is 27.4 Å². The standard InChI is InChI=1S/C15H17NO3S/c1-9-6-11(7-10(2)14(9)18)15-16-12(8-20-15)4-5-13(17)19-3/h6-8,18H,4-5H2,1-3H3. The Kier molecular flexibility index (Phi) is 4.39. The van der Waals surface area contributed by atoms with Crippen molar-refractivity contribution < 1.29 is 14.6 Å². The summed E-state index contributed by atoms with van der Waals surface area (Å²) < 4.78 is 4.62. The number of thiazole rings is 1. The van der Waals surface area contributed by atoms with Gasteiger partial charge in [-0.15, -0.1) is 11.3 Å². The topological polar surface area (TPSA) is 59.4 Å². The van der Waals surface area contributed by atoms with Crippen molar-refractivity contribution >= 4 is 17.3 Å². The van der Waals surface area contributed by atoms with Gasteiger partial charge >= 0.3 is 5.97 Å². The molecule has 5 heteroatoms. The minimum Gasteiger partial charge on any atom is -0.507 e. The first-order chi connectivity index (χ1) is 9.51. The van der Waals surface area contributed by atoms with Gasteiger partial charge in [0.2, 0.25) is 0 Å². The molecule has 0 amide bonds. The molecule has 0 saturated heterocycles. The summed E-state index contributed by atoms with van der Waals surface area (Å²) in [5.41, 5.74) is 3.56. The molecule has 0 fully saturated rings. The van der Waals surface area contributed by atoms with E-state index in [1.54, 1.807) is 11.3 Å². The fraction of sp³-hybridized carbons (Fsp3) is 0.333. The number of aromatic nitrogens is 1. The molecule has 1 aromatic carbocycles. The van der Waals surface area contributed by atoms with Crippen molar-refractivity contribution in [3.8, 4) is 16.3 Å². The highest BCUT2D eigenvalue weighted by atomic mass is 32.1. The Morgan fingerprint density at radius 1 is 1.35 bits per heavy atom. The molecule has 0 saturated carbocycles. The highest BCUT2D eigenvalue weighted by molar-refractivity contribution is 7.13. The van der Waals surface area contributed by atoms with Gasteiger partial charge in [-0.25, -0.2) is 4.98 Å². The molecule has 1 aromatic heterocycles. The summed E-state index contributed by atoms with van der Waals surface area (Å²) in [7, 11) is 1.39. The van der Waals surface area contributed by atoms with Crippen LogP contribution in [0.1, 0.15) is 23.2 Å². The summed E-state index contributed by atoms with van der Waals surface area (Å²) in [4.78, 5) is 15.6. The highest BCUT2D eigenvalue weighted by Crippen LogP contribution is 2.31. The van der Waals surface area contributed by atoms with Gasteiger partial charge in [0, 0.05) is 17.4 Å². The van der Waals surface area contributed by atoms with Crippen LogP contribution in [0.3, 0.4) is 0 Å². The van der Waals surface area contributed by atoms with Gasteiger partial charge in [0.15, 0.2) is 0 Å². The number of benzene rings is 1. The first kappa shape index (κ1) is 14.5. The van der Waals surface area contributed by atoms with Crippen molar-refractivity contribution in [2.75, 3.05) is 7.11 Å². The van der Waals surface area contributed by atoms with Crippen LogP contribution in [0.15, 0.2) is 17.5 Å². The zero-order chi connectivity index (χ0) is 14.7. The molecule has 0 atom stereocenters. The first-order valence-corrected chi connectivity index (χ1v) is 7.21. The van der Waals surface area contributed by atoms with Gasteiger partial charge < -0.3 is 9.84 Å². The molecule has 0 radical (unpaired) electrons. The van der Waals surface area contributed by atoms with E-state index in [9.17, 15) is 9.90 Å². The Labute approximate surface area is 122 Å². The SMILES string of the molecule is COC(=O)CCc1csc(-c2cc(C)c(O)c(C)c2)n1. The number of phenolic OH excluding ortho intramolecular Hbond substituents is 1. The van der Waals surface area contributed by atoms with Gasteiger partial charge in [-0.1, -0.05) is 0 Å². The fourth-order valence-electron chi connectivity index (χ4n) is 1.97. The van der Waals surface area contributed by atoms with Crippen molar-refractivity contribution in [3.05, 3.63) is 34.3 Å². The quantitative estimate of drug-likeness (QED) is 0.879. The van der Waals surface area contributed by atoms with Crippen molar-refractivity contribution in [1.29, 1.82) is 0 Å². The average Bonchev–Trinajstić information content (AvgIpc) is 2.90. The molecule has 0 aliphatic carbocycles. The van der Waals surface area contributed by atoms with Crippen LogP contribution in [0, 0.1) is 13.8 Å². The maximum absolute atomic E-state index is 11.1. The van der Waals surface area contributed by atoms with Crippen molar-refractivity contribution in [2.24, 2.45) is 0 Å². The summed E-state index contributed by atoms with van der Waals surface area (Å²) in [5, 5.41) is 12.6. The minimum atomic E-state index is -0.226. The molecule has 0 bridgehead atoms. The maximum atomic E-state index is 11.1. The summed E-state index contributed by atoms with van der Waals surface area (Å²) in [6.07, 6.45) is 0.923. The van der Waals surface area contributed by atoms with E-state index in [0.29, 0.717) is 18.6 Å². The number of aryl methyl sites for hydroxylation is 3. The van der Waals surface area contributed by atoms with Gasteiger partial charge in [0.25, 0.3) is 0 Å². The molecule has 1 N–H and O–H groups in total. The van der Waals surface area contributed by atoms with Crippen LogP contribution < -0.4 is 0 Å². The third-order valence-corrected chi connectivity index (χ3v) is 4.04. The number of phenols is 1. The van der Waals surface area contributed by atoms with E-state index in [-0.39, 0.29) is 5.97 Å². The number of rotatable bonds is 4. The number of carbonyl (C=O) groups is 1. The Balaban J connectivity index is 2.18. The van der Waals surface area contributed by atoms with Gasteiger partial charge in [-0.3, -0.25) is 4.79 Å². The summed E-state index contributed by atoms with van der Waals surface area (Å²) in [6.45, 7) is 3.75.